The van der Waals surface area contributed by atoms with Gasteiger partial charge in [-0.1, -0.05) is 29.8 Å². The Bertz CT molecular complexity index is 275. The second kappa shape index (κ2) is 6.25. The predicted octanol–water partition coefficient (Wildman–Crippen LogP) is 3.81. The Morgan fingerprint density at radius 1 is 1.29 bits per heavy atom. The first kappa shape index (κ1) is 10.8. The summed E-state index contributed by atoms with van der Waals surface area (Å²) < 4.78 is 5.57. The highest BCUT2D eigenvalue weighted by molar-refractivity contribution is 5.20. The number of para-hydroxylation sites is 1. The highest BCUT2D eigenvalue weighted by atomic mass is 16.5. The quantitative estimate of drug-likeness (QED) is 0.506. The normalized spacial score (nSPS) is 11.4. The van der Waals surface area contributed by atoms with Crippen molar-refractivity contribution in [2.75, 3.05) is 6.61 Å². The molecule has 14 heavy (non-hydrogen) atoms. The molecule has 0 saturated heterocycles. The van der Waals surface area contributed by atoms with E-state index in [1.807, 2.05) is 30.3 Å². The molecule has 1 heteroatoms. The van der Waals surface area contributed by atoms with E-state index >= 15 is 0 Å². The fraction of sp³-hybridized carbons (Fsp3) is 0.385. The van der Waals surface area contributed by atoms with Gasteiger partial charge in [-0.05, 0) is 38.8 Å². The number of benzene rings is 1. The van der Waals surface area contributed by atoms with Crippen molar-refractivity contribution in [3.8, 4) is 5.75 Å². The van der Waals surface area contributed by atoms with E-state index in [9.17, 15) is 0 Å². The lowest BCUT2D eigenvalue weighted by Gasteiger charge is -2.05. The maximum Gasteiger partial charge on any atom is 0.119 e. The van der Waals surface area contributed by atoms with Crippen molar-refractivity contribution in [3.63, 3.8) is 0 Å². The second-order valence-electron chi connectivity index (χ2n) is 3.40. The van der Waals surface area contributed by atoms with Crippen LogP contribution >= 0.6 is 0 Å². The summed E-state index contributed by atoms with van der Waals surface area (Å²) in [7, 11) is 0. The second-order valence-corrected chi connectivity index (χ2v) is 3.40. The number of hydrogen-bond donors (Lipinski definition) is 0. The zero-order chi connectivity index (χ0) is 10.2. The van der Waals surface area contributed by atoms with E-state index in [0.717, 1.165) is 25.2 Å². The monoisotopic (exact) mass is 190 g/mol. The van der Waals surface area contributed by atoms with Gasteiger partial charge in [0.15, 0.2) is 0 Å². The minimum absolute atomic E-state index is 0.801. The van der Waals surface area contributed by atoms with Crippen molar-refractivity contribution in [2.24, 2.45) is 0 Å². The van der Waals surface area contributed by atoms with E-state index in [4.69, 9.17) is 4.74 Å². The molecule has 0 radical (unpaired) electrons. The Balaban J connectivity index is 2.17. The van der Waals surface area contributed by atoms with Crippen LogP contribution in [0.5, 0.6) is 5.75 Å². The number of allylic oxidation sites excluding steroid dienone is 2. The molecule has 0 saturated carbocycles. The Kier molecular flexibility index (Phi) is 4.84. The Labute approximate surface area is 86.4 Å². The highest BCUT2D eigenvalue weighted by Gasteiger charge is 1.92. The maximum atomic E-state index is 5.57. The van der Waals surface area contributed by atoms with Crippen molar-refractivity contribution in [3.05, 3.63) is 42.0 Å². The van der Waals surface area contributed by atoms with Crippen LogP contribution in [0, 0.1) is 0 Å². The molecule has 1 aromatic carbocycles. The zero-order valence-corrected chi connectivity index (χ0v) is 8.99. The van der Waals surface area contributed by atoms with E-state index in [1.54, 1.807) is 0 Å². The SMILES string of the molecule is C/C=C(\C)CCCOc1ccccc1. The van der Waals surface area contributed by atoms with Crippen molar-refractivity contribution in [1.29, 1.82) is 0 Å². The molecule has 0 aliphatic heterocycles. The maximum absolute atomic E-state index is 5.57. The van der Waals surface area contributed by atoms with Gasteiger partial charge < -0.3 is 4.74 Å². The molecule has 0 N–H and O–H groups in total. The van der Waals surface area contributed by atoms with Crippen molar-refractivity contribution in [1.82, 2.24) is 0 Å². The summed E-state index contributed by atoms with van der Waals surface area (Å²) in [6.07, 6.45) is 4.37. The first-order chi connectivity index (χ1) is 6.83. The van der Waals surface area contributed by atoms with E-state index in [2.05, 4.69) is 19.9 Å². The molecule has 0 atom stereocenters. The van der Waals surface area contributed by atoms with Crippen LogP contribution in [0.1, 0.15) is 26.7 Å². The third-order valence-electron chi connectivity index (χ3n) is 2.22. The van der Waals surface area contributed by atoms with E-state index in [0.29, 0.717) is 0 Å². The number of ether oxygens (including phenoxy) is 1. The van der Waals surface area contributed by atoms with Gasteiger partial charge in [0.25, 0.3) is 0 Å². The van der Waals surface area contributed by atoms with Gasteiger partial charge in [0.1, 0.15) is 5.75 Å². The molecule has 1 rings (SSSR count). The first-order valence-electron chi connectivity index (χ1n) is 5.12. The van der Waals surface area contributed by atoms with Gasteiger partial charge in [0.05, 0.1) is 6.61 Å². The minimum atomic E-state index is 0.801. The number of hydrogen-bond acceptors (Lipinski definition) is 1. The average molecular weight is 190 g/mol. The van der Waals surface area contributed by atoms with Gasteiger partial charge in [-0.15, -0.1) is 0 Å². The van der Waals surface area contributed by atoms with Gasteiger partial charge in [0, 0.05) is 0 Å². The molecule has 0 spiro atoms. The van der Waals surface area contributed by atoms with Gasteiger partial charge >= 0.3 is 0 Å². The molecule has 0 fully saturated rings. The molecular weight excluding hydrogens is 172 g/mol. The fourth-order valence-electron chi connectivity index (χ4n) is 1.20. The van der Waals surface area contributed by atoms with E-state index < -0.39 is 0 Å². The Hall–Kier alpha value is -1.24. The van der Waals surface area contributed by atoms with Crippen LogP contribution in [-0.2, 0) is 0 Å². The molecule has 1 nitrogen and oxygen atoms in total. The van der Waals surface area contributed by atoms with Gasteiger partial charge in [0.2, 0.25) is 0 Å². The van der Waals surface area contributed by atoms with Crippen LogP contribution in [-0.4, -0.2) is 6.61 Å². The van der Waals surface area contributed by atoms with Gasteiger partial charge in [-0.25, -0.2) is 0 Å². The lowest BCUT2D eigenvalue weighted by Crippen LogP contribution is -1.97. The zero-order valence-electron chi connectivity index (χ0n) is 8.99. The summed E-state index contributed by atoms with van der Waals surface area (Å²) in [6, 6.07) is 9.96. The largest absolute Gasteiger partial charge is 0.494 e. The average Bonchev–Trinajstić information content (AvgIpc) is 2.25. The highest BCUT2D eigenvalue weighted by Crippen LogP contribution is 2.10. The Morgan fingerprint density at radius 3 is 2.64 bits per heavy atom. The summed E-state index contributed by atoms with van der Waals surface area (Å²) in [4.78, 5) is 0. The molecule has 0 unspecified atom stereocenters. The summed E-state index contributed by atoms with van der Waals surface area (Å²) in [5.41, 5.74) is 1.43. The van der Waals surface area contributed by atoms with Gasteiger partial charge in [-0.3, -0.25) is 0 Å². The molecule has 0 aliphatic rings. The van der Waals surface area contributed by atoms with Crippen molar-refractivity contribution >= 4 is 0 Å². The number of rotatable bonds is 5. The van der Waals surface area contributed by atoms with Crippen LogP contribution in [0.2, 0.25) is 0 Å². The predicted molar refractivity (Wildman–Crippen MR) is 60.6 cm³/mol. The molecule has 0 bridgehead atoms. The smallest absolute Gasteiger partial charge is 0.119 e. The molecule has 76 valence electrons. The molecule has 0 aliphatic carbocycles. The summed E-state index contributed by atoms with van der Waals surface area (Å²) >= 11 is 0. The van der Waals surface area contributed by atoms with Crippen LogP contribution in [0.3, 0.4) is 0 Å². The fourth-order valence-corrected chi connectivity index (χ4v) is 1.20. The van der Waals surface area contributed by atoms with Crippen LogP contribution in [0.15, 0.2) is 42.0 Å². The lowest BCUT2D eigenvalue weighted by molar-refractivity contribution is 0.311. The van der Waals surface area contributed by atoms with Crippen LogP contribution in [0.25, 0.3) is 0 Å². The third kappa shape index (κ3) is 4.13. The third-order valence-corrected chi connectivity index (χ3v) is 2.22. The first-order valence-corrected chi connectivity index (χ1v) is 5.12. The van der Waals surface area contributed by atoms with Crippen LogP contribution in [0.4, 0.5) is 0 Å². The minimum Gasteiger partial charge on any atom is -0.494 e. The van der Waals surface area contributed by atoms with Gasteiger partial charge in [-0.2, -0.15) is 0 Å². The van der Waals surface area contributed by atoms with E-state index in [-0.39, 0.29) is 0 Å². The Morgan fingerprint density at radius 2 is 2.00 bits per heavy atom. The summed E-state index contributed by atoms with van der Waals surface area (Å²) in [5, 5.41) is 0. The van der Waals surface area contributed by atoms with Crippen molar-refractivity contribution < 1.29 is 4.74 Å². The standard InChI is InChI=1S/C13H18O/c1-3-12(2)8-7-11-14-13-9-5-4-6-10-13/h3-6,9-10H,7-8,11H2,1-2H3/b12-3+. The topological polar surface area (TPSA) is 9.23 Å². The summed E-state index contributed by atoms with van der Waals surface area (Å²) in [5.74, 6) is 0.964. The van der Waals surface area contributed by atoms with Crippen LogP contribution < -0.4 is 4.74 Å². The molecular formula is C13H18O. The molecule has 1 aromatic rings. The summed E-state index contributed by atoms with van der Waals surface area (Å²) in [6.45, 7) is 5.03. The molecule has 0 heterocycles. The van der Waals surface area contributed by atoms with E-state index in [1.165, 1.54) is 5.57 Å². The lowest BCUT2D eigenvalue weighted by atomic mass is 10.2. The van der Waals surface area contributed by atoms with Crippen molar-refractivity contribution in [2.45, 2.75) is 26.7 Å². The molecule has 0 aromatic heterocycles. The molecule has 0 amide bonds.